The van der Waals surface area contributed by atoms with Crippen molar-refractivity contribution in [1.82, 2.24) is 0 Å². The van der Waals surface area contributed by atoms with Crippen LogP contribution in [0.5, 0.6) is 0 Å². The van der Waals surface area contributed by atoms with Crippen LogP contribution in [-0.4, -0.2) is 6.71 Å². The minimum Gasteiger partial charge on any atom is -0.311 e. The van der Waals surface area contributed by atoms with Crippen LogP contribution >= 0.6 is 0 Å². The van der Waals surface area contributed by atoms with Crippen LogP contribution in [0.1, 0.15) is 111 Å². The second-order valence-electron chi connectivity index (χ2n) is 22.7. The van der Waals surface area contributed by atoms with Crippen LogP contribution in [0.4, 0.5) is 34.1 Å². The second-order valence-corrected chi connectivity index (χ2v) is 22.7. The molecule has 2 heterocycles. The molecule has 0 aromatic heterocycles. The molecule has 8 aromatic rings. The third kappa shape index (κ3) is 7.03. The highest BCUT2D eigenvalue weighted by atomic mass is 15.2. The lowest BCUT2D eigenvalue weighted by atomic mass is 9.33. The number of hydrogen-bond donors (Lipinski definition) is 0. The molecule has 0 bridgehead atoms. The molecule has 0 aliphatic carbocycles. The van der Waals surface area contributed by atoms with Gasteiger partial charge in [0, 0.05) is 44.9 Å². The van der Waals surface area contributed by atoms with Gasteiger partial charge >= 0.3 is 0 Å². The number of nitriles is 1. The van der Waals surface area contributed by atoms with Crippen LogP contribution in [0.15, 0.2) is 146 Å². The average molecular weight is 846 g/mol. The van der Waals surface area contributed by atoms with Gasteiger partial charge in [-0.1, -0.05) is 186 Å². The van der Waals surface area contributed by atoms with Crippen molar-refractivity contribution in [2.45, 2.75) is 105 Å². The lowest BCUT2D eigenvalue weighted by molar-refractivity contribution is 0.568. The van der Waals surface area contributed by atoms with Gasteiger partial charge in [-0.15, -0.1) is 0 Å². The van der Waals surface area contributed by atoms with E-state index in [2.05, 4.69) is 232 Å². The summed E-state index contributed by atoms with van der Waals surface area (Å²) in [5.74, 6) is 0. The van der Waals surface area contributed by atoms with E-state index in [0.717, 1.165) is 33.9 Å². The highest BCUT2D eigenvalue weighted by Gasteiger charge is 2.45. The van der Waals surface area contributed by atoms with Gasteiger partial charge in [-0.25, -0.2) is 0 Å². The van der Waals surface area contributed by atoms with Crippen molar-refractivity contribution in [3.63, 3.8) is 0 Å². The molecule has 0 saturated heterocycles. The quantitative estimate of drug-likeness (QED) is 0.166. The molecule has 2 aliphatic rings. The predicted molar refractivity (Wildman–Crippen MR) is 280 cm³/mol. The Morgan fingerprint density at radius 2 is 0.815 bits per heavy atom. The molecule has 65 heavy (non-hydrogen) atoms. The van der Waals surface area contributed by atoms with Gasteiger partial charge in [0.05, 0.1) is 11.6 Å². The minimum atomic E-state index is -0.0947. The van der Waals surface area contributed by atoms with Crippen molar-refractivity contribution in [1.29, 1.82) is 5.26 Å². The number of anilines is 6. The highest BCUT2D eigenvalue weighted by Crippen LogP contribution is 2.51. The molecule has 0 spiro atoms. The van der Waals surface area contributed by atoms with Crippen LogP contribution in [0, 0.1) is 11.3 Å². The van der Waals surface area contributed by atoms with E-state index in [9.17, 15) is 5.26 Å². The molecular formula is C61H60BN3. The third-order valence-electron chi connectivity index (χ3n) is 14.0. The Kier molecular flexibility index (Phi) is 9.61. The minimum absolute atomic E-state index is 0.0762. The molecule has 0 unspecified atom stereocenters. The number of nitrogens with zero attached hydrogens (tertiary/aromatic N) is 3. The molecule has 10 rings (SSSR count). The zero-order chi connectivity index (χ0) is 46.0. The summed E-state index contributed by atoms with van der Waals surface area (Å²) in [4.78, 5) is 5.18. The Morgan fingerprint density at radius 1 is 0.431 bits per heavy atom. The number of hydrogen-bond acceptors (Lipinski definition) is 3. The maximum absolute atomic E-state index is 10.7. The van der Waals surface area contributed by atoms with E-state index in [0.29, 0.717) is 5.56 Å². The monoisotopic (exact) mass is 845 g/mol. The van der Waals surface area contributed by atoms with E-state index in [1.807, 2.05) is 12.1 Å². The fourth-order valence-electron chi connectivity index (χ4n) is 10.3. The summed E-state index contributed by atoms with van der Waals surface area (Å²) in [6.45, 7) is 27.8. The van der Waals surface area contributed by atoms with E-state index in [1.165, 1.54) is 71.6 Å². The standard InChI is InChI=1S/C61H60BN3/c1-58(2,3)42-31-43(59(4,5)6)34-46(33-42)64-53-29-41(48-22-16-15-21-40(48)37-63)30-54-55(53)62(51-27-25-38-19-13-17-23-49(38)56(51)64)52-28-26-39-20-14-18-24-50(39)57(52)65(54)47-35-44(60(7,8)9)32-45(36-47)61(10,11)12/h13-36H,1-12H3. The van der Waals surface area contributed by atoms with Crippen molar-refractivity contribution < 1.29 is 0 Å². The number of rotatable bonds is 3. The van der Waals surface area contributed by atoms with Crippen LogP contribution in [-0.2, 0) is 21.7 Å². The molecule has 0 atom stereocenters. The van der Waals surface area contributed by atoms with E-state index < -0.39 is 0 Å². The van der Waals surface area contributed by atoms with Gasteiger partial charge in [0.25, 0.3) is 6.71 Å². The molecule has 2 aliphatic heterocycles. The molecule has 4 heteroatoms. The molecule has 0 saturated carbocycles. The maximum atomic E-state index is 10.7. The van der Waals surface area contributed by atoms with Gasteiger partial charge in [-0.2, -0.15) is 5.26 Å². The van der Waals surface area contributed by atoms with Crippen molar-refractivity contribution in [3.05, 3.63) is 173 Å². The summed E-state index contributed by atoms with van der Waals surface area (Å²) in [5.41, 5.74) is 18.3. The topological polar surface area (TPSA) is 30.3 Å². The Morgan fingerprint density at radius 3 is 1.22 bits per heavy atom. The highest BCUT2D eigenvalue weighted by molar-refractivity contribution is 7.00. The van der Waals surface area contributed by atoms with Crippen molar-refractivity contribution in [2.24, 2.45) is 0 Å². The Bertz CT molecular complexity index is 3030. The normalized spacial score (nSPS) is 13.7. The first-order valence-corrected chi connectivity index (χ1v) is 23.4. The molecule has 0 N–H and O–H groups in total. The fraction of sp³-hybridized carbons (Fsp3) is 0.262. The van der Waals surface area contributed by atoms with Gasteiger partial charge < -0.3 is 9.80 Å². The van der Waals surface area contributed by atoms with Crippen molar-refractivity contribution in [3.8, 4) is 17.2 Å². The van der Waals surface area contributed by atoms with Crippen LogP contribution in [0.25, 0.3) is 32.7 Å². The van der Waals surface area contributed by atoms with Crippen LogP contribution in [0.2, 0.25) is 0 Å². The number of benzene rings is 8. The zero-order valence-electron chi connectivity index (χ0n) is 40.3. The summed E-state index contributed by atoms with van der Waals surface area (Å²) >= 11 is 0. The van der Waals surface area contributed by atoms with Crippen molar-refractivity contribution >= 4 is 78.8 Å². The lowest BCUT2D eigenvalue weighted by Crippen LogP contribution is -2.61. The molecule has 0 fully saturated rings. The lowest BCUT2D eigenvalue weighted by Gasteiger charge is -2.46. The molecule has 3 nitrogen and oxygen atoms in total. The van der Waals surface area contributed by atoms with E-state index in [1.54, 1.807) is 0 Å². The Balaban J connectivity index is 1.43. The third-order valence-corrected chi connectivity index (χ3v) is 14.0. The van der Waals surface area contributed by atoms with E-state index in [-0.39, 0.29) is 28.4 Å². The Hall–Kier alpha value is -6.57. The first-order valence-electron chi connectivity index (χ1n) is 23.4. The largest absolute Gasteiger partial charge is 0.311 e. The van der Waals surface area contributed by atoms with Gasteiger partial charge in [0.1, 0.15) is 0 Å². The Labute approximate surface area is 387 Å². The summed E-state index contributed by atoms with van der Waals surface area (Å²) in [6.07, 6.45) is 0. The second kappa shape index (κ2) is 14.7. The average Bonchev–Trinajstić information content (AvgIpc) is 3.27. The maximum Gasteiger partial charge on any atom is 0.252 e. The summed E-state index contributed by atoms with van der Waals surface area (Å²) in [7, 11) is 0. The zero-order valence-corrected chi connectivity index (χ0v) is 40.3. The predicted octanol–water partition coefficient (Wildman–Crippen LogP) is 14.8. The molecule has 8 aromatic carbocycles. The SMILES string of the molecule is CC(C)(C)c1cc(N2c3cc(-c4ccccc4C#N)cc4c3B(c3ccc5ccccc5c32)c2ccc3ccccc3c2N4c2cc(C(C)(C)C)cc(C(C)(C)C)c2)cc(C(C)(C)C)c1. The molecule has 0 amide bonds. The summed E-state index contributed by atoms with van der Waals surface area (Å²) < 4.78 is 0. The summed E-state index contributed by atoms with van der Waals surface area (Å²) in [6, 6.07) is 57.3. The van der Waals surface area contributed by atoms with E-state index >= 15 is 0 Å². The molecular weight excluding hydrogens is 786 g/mol. The van der Waals surface area contributed by atoms with Gasteiger partial charge in [0.15, 0.2) is 0 Å². The van der Waals surface area contributed by atoms with Gasteiger partial charge in [-0.05, 0) is 125 Å². The van der Waals surface area contributed by atoms with Gasteiger partial charge in [0.2, 0.25) is 0 Å². The first kappa shape index (κ1) is 42.4. The molecule has 0 radical (unpaired) electrons. The van der Waals surface area contributed by atoms with E-state index in [4.69, 9.17) is 0 Å². The molecule has 322 valence electrons. The fourth-order valence-corrected chi connectivity index (χ4v) is 10.3. The number of fused-ring (bicyclic) bond motifs is 8. The van der Waals surface area contributed by atoms with Crippen LogP contribution in [0.3, 0.4) is 0 Å². The van der Waals surface area contributed by atoms with Crippen LogP contribution < -0.4 is 26.2 Å². The smallest absolute Gasteiger partial charge is 0.252 e. The first-order chi connectivity index (χ1) is 30.7. The van der Waals surface area contributed by atoms with Gasteiger partial charge in [-0.3, -0.25) is 0 Å². The summed E-state index contributed by atoms with van der Waals surface area (Å²) in [5, 5.41) is 15.6. The van der Waals surface area contributed by atoms with Crippen molar-refractivity contribution in [2.75, 3.05) is 9.80 Å².